The number of rotatable bonds is 4. The largest absolute Gasteiger partial charge is 0.367 e. The van der Waals surface area contributed by atoms with Gasteiger partial charge in [-0.05, 0) is 45.4 Å². The van der Waals surface area contributed by atoms with Crippen molar-refractivity contribution in [2.45, 2.75) is 64.0 Å². The second-order valence-electron chi connectivity index (χ2n) is 7.27. The van der Waals surface area contributed by atoms with Crippen molar-refractivity contribution in [3.63, 3.8) is 0 Å². The van der Waals surface area contributed by atoms with Crippen LogP contribution in [0, 0.1) is 0 Å². The van der Waals surface area contributed by atoms with Gasteiger partial charge in [-0.3, -0.25) is 4.79 Å². The average Bonchev–Trinajstić information content (AvgIpc) is 3.11. The maximum absolute atomic E-state index is 12.4. The van der Waals surface area contributed by atoms with Crippen molar-refractivity contribution in [2.75, 3.05) is 6.61 Å². The van der Waals surface area contributed by atoms with E-state index in [2.05, 4.69) is 20.4 Å². The number of hydrogen-bond acceptors (Lipinski definition) is 6. The number of ether oxygens (including phenoxy) is 1. The van der Waals surface area contributed by atoms with Crippen LogP contribution in [0.3, 0.4) is 0 Å². The van der Waals surface area contributed by atoms with Crippen molar-refractivity contribution in [1.82, 2.24) is 20.4 Å². The van der Waals surface area contributed by atoms with Gasteiger partial charge < -0.3 is 14.6 Å². The zero-order valence-electron chi connectivity index (χ0n) is 15.1. The molecule has 1 aliphatic heterocycles. The number of aromatic nitrogens is 3. The lowest BCUT2D eigenvalue weighted by Gasteiger charge is -2.32. The zero-order chi connectivity index (χ0) is 18.0. The molecule has 7 nitrogen and oxygen atoms in total. The lowest BCUT2D eigenvalue weighted by Crippen LogP contribution is -2.32. The number of nitrogens with one attached hydrogen (secondary N) is 1. The summed E-state index contributed by atoms with van der Waals surface area (Å²) in [6.07, 6.45) is 10.5. The number of fused-ring (bicyclic) bond motifs is 1. The molecule has 0 spiro atoms. The molecule has 1 fully saturated rings. The van der Waals surface area contributed by atoms with E-state index in [1.807, 2.05) is 6.92 Å². The topological polar surface area (TPSA) is 90.1 Å². The van der Waals surface area contributed by atoms with E-state index in [4.69, 9.17) is 9.26 Å². The third-order valence-electron chi connectivity index (χ3n) is 5.27. The Morgan fingerprint density at radius 2 is 2.00 bits per heavy atom. The van der Waals surface area contributed by atoms with E-state index in [1.54, 1.807) is 12.4 Å². The van der Waals surface area contributed by atoms with Gasteiger partial charge in [0, 0.05) is 43.1 Å². The van der Waals surface area contributed by atoms with E-state index in [0.29, 0.717) is 18.1 Å². The van der Waals surface area contributed by atoms with E-state index in [9.17, 15) is 4.79 Å². The molecule has 1 amide bonds. The Bertz CT molecular complexity index is 779. The highest BCUT2D eigenvalue weighted by Gasteiger charge is 2.32. The summed E-state index contributed by atoms with van der Waals surface area (Å²) in [4.78, 5) is 21.3. The first-order valence-electron chi connectivity index (χ1n) is 9.37. The highest BCUT2D eigenvalue weighted by atomic mass is 16.5. The third kappa shape index (κ3) is 3.35. The smallest absolute Gasteiger partial charge is 0.274 e. The van der Waals surface area contributed by atoms with Crippen molar-refractivity contribution in [2.24, 2.45) is 0 Å². The summed E-state index contributed by atoms with van der Waals surface area (Å²) in [5, 5.41) is 6.85. The van der Waals surface area contributed by atoms with Gasteiger partial charge in [0.1, 0.15) is 11.4 Å². The summed E-state index contributed by atoms with van der Waals surface area (Å²) in [7, 11) is 0. The predicted octanol–water partition coefficient (Wildman–Crippen LogP) is 2.69. The second kappa shape index (κ2) is 7.15. The fraction of sp³-hybridized carbons (Fsp3) is 0.579. The molecule has 2 aromatic heterocycles. The van der Waals surface area contributed by atoms with Crippen LogP contribution in [0.15, 0.2) is 16.9 Å². The summed E-state index contributed by atoms with van der Waals surface area (Å²) in [5.41, 5.74) is 1.82. The molecule has 26 heavy (non-hydrogen) atoms. The first-order valence-corrected chi connectivity index (χ1v) is 9.37. The fourth-order valence-corrected chi connectivity index (χ4v) is 3.66. The van der Waals surface area contributed by atoms with Crippen molar-refractivity contribution in [3.05, 3.63) is 40.8 Å². The second-order valence-corrected chi connectivity index (χ2v) is 7.27. The van der Waals surface area contributed by atoms with Crippen molar-refractivity contribution in [3.8, 4) is 0 Å². The van der Waals surface area contributed by atoms with Gasteiger partial charge >= 0.3 is 0 Å². The quantitative estimate of drug-likeness (QED) is 0.906. The summed E-state index contributed by atoms with van der Waals surface area (Å²) in [6.45, 7) is 3.15. The van der Waals surface area contributed by atoms with Crippen LogP contribution >= 0.6 is 0 Å². The van der Waals surface area contributed by atoms with Crippen LogP contribution in [0.25, 0.3) is 0 Å². The van der Waals surface area contributed by atoms with E-state index < -0.39 is 5.60 Å². The molecule has 4 rings (SSSR count). The number of carbonyl (C=O) groups is 1. The minimum absolute atomic E-state index is 0.205. The van der Waals surface area contributed by atoms with Crippen molar-refractivity contribution in [1.29, 1.82) is 0 Å². The summed E-state index contributed by atoms with van der Waals surface area (Å²) in [5.74, 6) is 1.36. The molecule has 1 unspecified atom stereocenters. The number of amides is 1. The lowest BCUT2D eigenvalue weighted by atomic mass is 9.95. The van der Waals surface area contributed by atoms with Crippen LogP contribution in [0.4, 0.5) is 0 Å². The molecular formula is C19H24N4O3. The average molecular weight is 356 g/mol. The molecule has 1 N–H and O–H groups in total. The third-order valence-corrected chi connectivity index (χ3v) is 5.27. The van der Waals surface area contributed by atoms with Crippen molar-refractivity contribution >= 4 is 5.91 Å². The zero-order valence-corrected chi connectivity index (χ0v) is 15.1. The number of hydrogen-bond donors (Lipinski definition) is 1. The highest BCUT2D eigenvalue weighted by Crippen LogP contribution is 2.32. The van der Waals surface area contributed by atoms with Gasteiger partial charge in [-0.15, -0.1) is 0 Å². The maximum Gasteiger partial charge on any atom is 0.274 e. The Hall–Kier alpha value is -2.28. The molecular weight excluding hydrogens is 332 g/mol. The van der Waals surface area contributed by atoms with Crippen LogP contribution in [0.2, 0.25) is 0 Å². The molecule has 1 aliphatic carbocycles. The predicted molar refractivity (Wildman–Crippen MR) is 93.5 cm³/mol. The Morgan fingerprint density at radius 3 is 2.77 bits per heavy atom. The summed E-state index contributed by atoms with van der Waals surface area (Å²) >= 11 is 0. The van der Waals surface area contributed by atoms with Gasteiger partial charge in [-0.1, -0.05) is 5.16 Å². The van der Waals surface area contributed by atoms with E-state index in [1.165, 1.54) is 0 Å². The maximum atomic E-state index is 12.4. The normalized spacial score (nSPS) is 22.7. The van der Waals surface area contributed by atoms with Gasteiger partial charge in [-0.2, -0.15) is 0 Å². The number of nitrogens with zero attached hydrogens (tertiary/aromatic N) is 3. The van der Waals surface area contributed by atoms with Gasteiger partial charge in [-0.25, -0.2) is 9.97 Å². The molecule has 2 aliphatic rings. The van der Waals surface area contributed by atoms with Crippen LogP contribution in [-0.4, -0.2) is 27.6 Å². The van der Waals surface area contributed by atoms with Crippen LogP contribution in [0.5, 0.6) is 0 Å². The Labute approximate surface area is 152 Å². The molecule has 0 aromatic carbocycles. The van der Waals surface area contributed by atoms with Gasteiger partial charge in [0.05, 0.1) is 0 Å². The van der Waals surface area contributed by atoms with Crippen LogP contribution in [-0.2, 0) is 29.7 Å². The SMILES string of the molecule is CC1(c2ncc(CNC(=O)c3noc4c3CCCC4)cn2)CCCCO1. The monoisotopic (exact) mass is 356 g/mol. The highest BCUT2D eigenvalue weighted by molar-refractivity contribution is 5.93. The van der Waals surface area contributed by atoms with Gasteiger partial charge in [0.25, 0.3) is 5.91 Å². The summed E-state index contributed by atoms with van der Waals surface area (Å²) in [6, 6.07) is 0. The standard InChI is InChI=1S/C19H24N4O3/c1-19(8-4-5-9-25-19)18-21-11-13(12-22-18)10-20-17(24)16-14-6-2-3-7-15(14)26-23-16/h11-12H,2-10H2,1H3,(H,20,24). The first-order chi connectivity index (χ1) is 12.7. The first kappa shape index (κ1) is 17.1. The molecule has 138 valence electrons. The van der Waals surface area contributed by atoms with E-state index in [-0.39, 0.29) is 5.91 Å². The molecule has 7 heteroatoms. The fourth-order valence-electron chi connectivity index (χ4n) is 3.66. The van der Waals surface area contributed by atoms with Crippen LogP contribution in [0.1, 0.15) is 72.2 Å². The Kier molecular flexibility index (Phi) is 4.72. The molecule has 3 heterocycles. The van der Waals surface area contributed by atoms with E-state index in [0.717, 1.165) is 68.4 Å². The molecule has 0 bridgehead atoms. The van der Waals surface area contributed by atoms with Gasteiger partial charge in [0.15, 0.2) is 11.5 Å². The minimum Gasteiger partial charge on any atom is -0.367 e. The molecule has 1 atom stereocenters. The summed E-state index contributed by atoms with van der Waals surface area (Å²) < 4.78 is 11.2. The minimum atomic E-state index is -0.403. The number of carbonyl (C=O) groups excluding carboxylic acids is 1. The molecule has 2 aromatic rings. The van der Waals surface area contributed by atoms with E-state index >= 15 is 0 Å². The van der Waals surface area contributed by atoms with Crippen LogP contribution < -0.4 is 5.32 Å². The molecule has 1 saturated heterocycles. The Balaban J connectivity index is 1.39. The van der Waals surface area contributed by atoms with Crippen molar-refractivity contribution < 1.29 is 14.1 Å². The lowest BCUT2D eigenvalue weighted by molar-refractivity contribution is -0.0760. The Morgan fingerprint density at radius 1 is 1.19 bits per heavy atom. The number of aryl methyl sites for hydroxylation is 1. The molecule has 0 radical (unpaired) electrons. The molecule has 0 saturated carbocycles. The van der Waals surface area contributed by atoms with Gasteiger partial charge in [0.2, 0.25) is 0 Å².